The van der Waals surface area contributed by atoms with E-state index in [1.54, 1.807) is 18.2 Å². The molecule has 0 radical (unpaired) electrons. The van der Waals surface area contributed by atoms with Gasteiger partial charge in [0.15, 0.2) is 0 Å². The van der Waals surface area contributed by atoms with Crippen LogP contribution in [0.5, 0.6) is 11.5 Å². The van der Waals surface area contributed by atoms with Gasteiger partial charge in [-0.15, -0.1) is 0 Å². The normalized spacial score (nSPS) is 11.8. The highest BCUT2D eigenvalue weighted by Gasteiger charge is 2.17. The van der Waals surface area contributed by atoms with E-state index < -0.39 is 17.2 Å². The van der Waals surface area contributed by atoms with Gasteiger partial charge in [0.1, 0.15) is 11.5 Å². The van der Waals surface area contributed by atoms with Gasteiger partial charge in [0.2, 0.25) is 0 Å². The van der Waals surface area contributed by atoms with Crippen LogP contribution in [0.25, 0.3) is 10.8 Å². The molecule has 1 unspecified atom stereocenters. The summed E-state index contributed by atoms with van der Waals surface area (Å²) in [6, 6.07) is 18.7. The molecule has 0 aromatic heterocycles. The van der Waals surface area contributed by atoms with E-state index >= 15 is 0 Å². The zero-order valence-corrected chi connectivity index (χ0v) is 18.6. The molecular weight excluding hydrogens is 414 g/mol. The molecule has 0 aliphatic heterocycles. The minimum absolute atomic E-state index is 0.270. The van der Waals surface area contributed by atoms with Gasteiger partial charge in [-0.2, -0.15) is 0 Å². The first-order chi connectivity index (χ1) is 15.1. The number of unbranched alkanes of at least 4 members (excludes halogenated alkanes) is 1. The molecule has 0 fully saturated rings. The number of ether oxygens (including phenoxy) is 2. The third-order valence-corrected chi connectivity index (χ3v) is 5.27. The van der Waals surface area contributed by atoms with Crippen molar-refractivity contribution in [1.82, 2.24) is 0 Å². The lowest BCUT2D eigenvalue weighted by Gasteiger charge is -2.14. The number of carbonyl (C=O) groups is 1. The van der Waals surface area contributed by atoms with Gasteiger partial charge >= 0.3 is 5.97 Å². The molecule has 0 amide bonds. The van der Waals surface area contributed by atoms with Gasteiger partial charge in [-0.1, -0.05) is 56.7 Å². The van der Waals surface area contributed by atoms with Gasteiger partial charge in [0.25, 0.3) is 11.3 Å². The summed E-state index contributed by atoms with van der Waals surface area (Å²) in [6.07, 6.45) is 2.44. The van der Waals surface area contributed by atoms with Crippen molar-refractivity contribution in [3.8, 4) is 11.5 Å². The average Bonchev–Trinajstić information content (AvgIpc) is 2.78. The number of nitrogens with one attached hydrogen (secondary N) is 1. The molecule has 3 aromatic rings. The molecule has 3 rings (SSSR count). The van der Waals surface area contributed by atoms with Gasteiger partial charge in [-0.05, 0) is 36.4 Å². The van der Waals surface area contributed by atoms with E-state index in [0.29, 0.717) is 36.8 Å². The zero-order valence-electron chi connectivity index (χ0n) is 17.8. The highest BCUT2D eigenvalue weighted by molar-refractivity contribution is 7.81. The van der Waals surface area contributed by atoms with Gasteiger partial charge in [0.05, 0.1) is 24.5 Å². The summed E-state index contributed by atoms with van der Waals surface area (Å²) in [6.45, 7) is 4.61. The summed E-state index contributed by atoms with van der Waals surface area (Å²) in [7, 11) is 0. The van der Waals surface area contributed by atoms with Crippen LogP contribution < -0.4 is 9.46 Å². The Morgan fingerprint density at radius 3 is 2.58 bits per heavy atom. The summed E-state index contributed by atoms with van der Waals surface area (Å²) in [5.41, 5.74) is 0.597. The molecule has 0 heterocycles. The zero-order chi connectivity index (χ0) is 22.1. The van der Waals surface area contributed by atoms with Crippen molar-refractivity contribution < 1.29 is 22.7 Å². The van der Waals surface area contributed by atoms with Crippen LogP contribution in [0.1, 0.15) is 43.5 Å². The third kappa shape index (κ3) is 6.29. The Kier molecular flexibility index (Phi) is 8.44. The molecule has 0 saturated carbocycles. The minimum Gasteiger partial charge on any atom is -0.462 e. The van der Waals surface area contributed by atoms with Crippen molar-refractivity contribution >= 4 is 33.7 Å². The maximum Gasteiger partial charge on any atom is 0.340 e. The van der Waals surface area contributed by atoms with Gasteiger partial charge in [0, 0.05) is 11.5 Å². The number of rotatable bonds is 11. The van der Waals surface area contributed by atoms with Crippen molar-refractivity contribution in [3.05, 3.63) is 66.2 Å². The molecule has 31 heavy (non-hydrogen) atoms. The van der Waals surface area contributed by atoms with Crippen molar-refractivity contribution in [3.63, 3.8) is 0 Å². The van der Waals surface area contributed by atoms with E-state index in [0.717, 1.165) is 23.6 Å². The predicted octanol–water partition coefficient (Wildman–Crippen LogP) is 6.01. The number of anilines is 1. The van der Waals surface area contributed by atoms with Crippen LogP contribution in [0.2, 0.25) is 0 Å². The Labute approximate surface area is 185 Å². The summed E-state index contributed by atoms with van der Waals surface area (Å²) >= 11 is -1.80. The average molecular weight is 442 g/mol. The van der Waals surface area contributed by atoms with Crippen LogP contribution >= 0.6 is 0 Å². The number of fused-ring (bicyclic) bond motifs is 1. The number of benzene rings is 3. The van der Waals surface area contributed by atoms with Crippen molar-refractivity contribution in [2.24, 2.45) is 0 Å². The third-order valence-electron chi connectivity index (χ3n) is 4.51. The Hall–Kier alpha value is -2.90. The van der Waals surface area contributed by atoms with Gasteiger partial charge in [-0.25, -0.2) is 9.00 Å². The highest BCUT2D eigenvalue weighted by Crippen LogP contribution is 2.32. The summed E-state index contributed by atoms with van der Waals surface area (Å²) in [4.78, 5) is 12.5. The van der Waals surface area contributed by atoms with Crippen molar-refractivity contribution in [2.75, 3.05) is 17.9 Å². The van der Waals surface area contributed by atoms with Crippen LogP contribution in [0.4, 0.5) is 5.69 Å². The first kappa shape index (κ1) is 22.8. The van der Waals surface area contributed by atoms with Crippen molar-refractivity contribution in [2.45, 2.75) is 33.1 Å². The number of esters is 1. The Morgan fingerprint density at radius 1 is 0.968 bits per heavy atom. The second-order valence-corrected chi connectivity index (χ2v) is 7.84. The van der Waals surface area contributed by atoms with E-state index in [1.807, 2.05) is 56.3 Å². The standard InChI is InChI=1S/C24H27NO5S/c1-3-5-16-29-31(27)25-22-17-19(13-14-21(22)24(26)28-15-4-2)30-23-12-8-10-18-9-6-7-11-20(18)23/h6-14,17,25H,3-5,15-16H2,1-2H3. The number of hydrogen-bond acceptors (Lipinski definition) is 5. The molecule has 0 aliphatic rings. The SMILES string of the molecule is CCCCOS(=O)Nc1cc(Oc2cccc3ccccc23)ccc1C(=O)OCCC. The van der Waals surface area contributed by atoms with Crippen LogP contribution in [0.15, 0.2) is 60.7 Å². The molecule has 164 valence electrons. The van der Waals surface area contributed by atoms with Crippen LogP contribution in [0, 0.1) is 0 Å². The molecule has 0 bridgehead atoms. The Balaban J connectivity index is 1.87. The maximum absolute atomic E-state index is 12.5. The highest BCUT2D eigenvalue weighted by atomic mass is 32.2. The molecule has 1 N–H and O–H groups in total. The summed E-state index contributed by atoms with van der Waals surface area (Å²) < 4.78 is 31.7. The van der Waals surface area contributed by atoms with Crippen molar-refractivity contribution in [1.29, 1.82) is 0 Å². The van der Waals surface area contributed by atoms with E-state index in [4.69, 9.17) is 13.7 Å². The molecule has 1 atom stereocenters. The molecule has 6 nitrogen and oxygen atoms in total. The molecule has 0 aliphatic carbocycles. The number of hydrogen-bond donors (Lipinski definition) is 1. The van der Waals surface area contributed by atoms with E-state index in [1.165, 1.54) is 0 Å². The van der Waals surface area contributed by atoms with Crippen LogP contribution in [-0.2, 0) is 20.2 Å². The topological polar surface area (TPSA) is 73.9 Å². The smallest absolute Gasteiger partial charge is 0.340 e. The van der Waals surface area contributed by atoms with Gasteiger partial charge < -0.3 is 9.47 Å². The first-order valence-electron chi connectivity index (χ1n) is 10.4. The first-order valence-corrected chi connectivity index (χ1v) is 11.5. The summed E-state index contributed by atoms with van der Waals surface area (Å²) in [5.74, 6) is 0.689. The lowest BCUT2D eigenvalue weighted by molar-refractivity contribution is 0.0506. The second-order valence-electron chi connectivity index (χ2n) is 6.93. The lowest BCUT2D eigenvalue weighted by atomic mass is 10.1. The fraction of sp³-hybridized carbons (Fsp3) is 0.292. The molecule has 0 saturated heterocycles. The second kappa shape index (κ2) is 11.5. The fourth-order valence-corrected chi connectivity index (χ4v) is 3.61. The Bertz CT molecular complexity index is 1050. The van der Waals surface area contributed by atoms with Gasteiger partial charge in [-0.3, -0.25) is 8.91 Å². The predicted molar refractivity (Wildman–Crippen MR) is 124 cm³/mol. The maximum atomic E-state index is 12.5. The molecule has 3 aromatic carbocycles. The quantitative estimate of drug-likeness (QED) is 0.291. The monoisotopic (exact) mass is 441 g/mol. The Morgan fingerprint density at radius 2 is 1.77 bits per heavy atom. The minimum atomic E-state index is -1.80. The molecule has 0 spiro atoms. The van der Waals surface area contributed by atoms with E-state index in [9.17, 15) is 9.00 Å². The van der Waals surface area contributed by atoms with Crippen LogP contribution in [0.3, 0.4) is 0 Å². The lowest BCUT2D eigenvalue weighted by Crippen LogP contribution is -2.14. The fourth-order valence-electron chi connectivity index (χ4n) is 2.93. The molecular formula is C24H27NO5S. The van der Waals surface area contributed by atoms with E-state index in [-0.39, 0.29) is 5.56 Å². The number of carbonyl (C=O) groups excluding carboxylic acids is 1. The van der Waals surface area contributed by atoms with E-state index in [2.05, 4.69) is 4.72 Å². The summed E-state index contributed by atoms with van der Waals surface area (Å²) in [5, 5.41) is 2.03. The molecule has 7 heteroatoms. The van der Waals surface area contributed by atoms with Crippen LogP contribution in [-0.4, -0.2) is 23.4 Å². The largest absolute Gasteiger partial charge is 0.462 e.